The first-order valence-electron chi connectivity index (χ1n) is 6.84. The first kappa shape index (κ1) is 13.1. The molecule has 102 valence electrons. The Labute approximate surface area is 117 Å². The van der Waals surface area contributed by atoms with Gasteiger partial charge in [0, 0.05) is 41.4 Å². The number of hydrogen-bond acceptors (Lipinski definition) is 4. The van der Waals surface area contributed by atoms with Gasteiger partial charge in [0.25, 0.3) is 0 Å². The van der Waals surface area contributed by atoms with E-state index in [9.17, 15) is 5.11 Å². The third kappa shape index (κ3) is 2.85. The van der Waals surface area contributed by atoms with Crippen LogP contribution in [0.3, 0.4) is 0 Å². The van der Waals surface area contributed by atoms with Gasteiger partial charge in [-0.25, -0.2) is 0 Å². The van der Waals surface area contributed by atoms with Crippen LogP contribution < -0.4 is 0 Å². The molecule has 1 aliphatic heterocycles. The van der Waals surface area contributed by atoms with Crippen molar-refractivity contribution in [1.29, 1.82) is 0 Å². The van der Waals surface area contributed by atoms with E-state index in [1.165, 1.54) is 11.3 Å². The zero-order valence-electron chi connectivity index (χ0n) is 10.9. The maximum atomic E-state index is 9.92. The lowest BCUT2D eigenvalue weighted by molar-refractivity contribution is 0.123. The van der Waals surface area contributed by atoms with E-state index in [0.717, 1.165) is 31.6 Å². The number of fused-ring (bicyclic) bond motifs is 1. The zero-order valence-corrected chi connectivity index (χ0v) is 11.7. The summed E-state index contributed by atoms with van der Waals surface area (Å²) >= 11 is 1.73. The number of aliphatic hydroxyl groups is 2. The lowest BCUT2D eigenvalue weighted by atomic mass is 10.00. The highest BCUT2D eigenvalue weighted by molar-refractivity contribution is 7.10. The highest BCUT2D eigenvalue weighted by atomic mass is 32.1. The molecule has 19 heavy (non-hydrogen) atoms. The predicted molar refractivity (Wildman–Crippen MR) is 75.8 cm³/mol. The van der Waals surface area contributed by atoms with Gasteiger partial charge in [0.2, 0.25) is 0 Å². The van der Waals surface area contributed by atoms with Crippen LogP contribution in [0.4, 0.5) is 0 Å². The van der Waals surface area contributed by atoms with Gasteiger partial charge in [0.05, 0.1) is 6.10 Å². The van der Waals surface area contributed by atoms with Crippen molar-refractivity contribution in [1.82, 2.24) is 4.90 Å². The van der Waals surface area contributed by atoms with Crippen molar-refractivity contribution in [2.75, 3.05) is 19.7 Å². The van der Waals surface area contributed by atoms with E-state index in [1.807, 2.05) is 5.38 Å². The van der Waals surface area contributed by atoms with Gasteiger partial charge in [-0.2, -0.15) is 0 Å². The fourth-order valence-corrected chi connectivity index (χ4v) is 4.21. The summed E-state index contributed by atoms with van der Waals surface area (Å²) in [5.74, 6) is 6.81. The van der Waals surface area contributed by atoms with E-state index >= 15 is 0 Å². The number of rotatable bonds is 2. The lowest BCUT2D eigenvalue weighted by Gasteiger charge is -2.16. The maximum absolute atomic E-state index is 9.92. The van der Waals surface area contributed by atoms with E-state index in [4.69, 9.17) is 5.11 Å². The van der Waals surface area contributed by atoms with Gasteiger partial charge in [0.1, 0.15) is 6.61 Å². The Hall–Kier alpha value is -0.860. The van der Waals surface area contributed by atoms with Crippen molar-refractivity contribution >= 4 is 11.3 Å². The Kier molecular flexibility index (Phi) is 3.90. The van der Waals surface area contributed by atoms with Crippen molar-refractivity contribution in [2.45, 2.75) is 25.5 Å². The molecule has 1 saturated carbocycles. The molecule has 0 radical (unpaired) electrons. The molecule has 2 aliphatic rings. The van der Waals surface area contributed by atoms with E-state index in [0.29, 0.717) is 11.8 Å². The normalized spacial score (nSPS) is 30.1. The smallest absolute Gasteiger partial charge is 0.104 e. The van der Waals surface area contributed by atoms with Gasteiger partial charge in [0.15, 0.2) is 0 Å². The molecule has 2 fully saturated rings. The minimum Gasteiger partial charge on any atom is -0.393 e. The van der Waals surface area contributed by atoms with E-state index in [2.05, 4.69) is 22.8 Å². The zero-order chi connectivity index (χ0) is 13.2. The van der Waals surface area contributed by atoms with Crippen LogP contribution in [0.15, 0.2) is 11.4 Å². The van der Waals surface area contributed by atoms with Crippen molar-refractivity contribution in [3.05, 3.63) is 21.9 Å². The molecule has 2 heterocycles. The van der Waals surface area contributed by atoms with Crippen LogP contribution in [-0.2, 0) is 6.54 Å². The van der Waals surface area contributed by atoms with E-state index in [-0.39, 0.29) is 12.7 Å². The maximum Gasteiger partial charge on any atom is 0.104 e. The Bertz CT molecular complexity index is 502. The average Bonchev–Trinajstić information content (AvgIpc) is 3.07. The van der Waals surface area contributed by atoms with Gasteiger partial charge in [-0.3, -0.25) is 4.90 Å². The molecule has 0 amide bonds. The summed E-state index contributed by atoms with van der Waals surface area (Å²) in [5.41, 5.74) is 0.994. The van der Waals surface area contributed by atoms with E-state index in [1.54, 1.807) is 11.3 Å². The van der Waals surface area contributed by atoms with Crippen molar-refractivity contribution in [2.24, 2.45) is 11.8 Å². The topological polar surface area (TPSA) is 43.7 Å². The summed E-state index contributed by atoms with van der Waals surface area (Å²) in [6.45, 7) is 3.03. The first-order valence-corrected chi connectivity index (χ1v) is 7.72. The van der Waals surface area contributed by atoms with Crippen LogP contribution in [0.25, 0.3) is 0 Å². The molecule has 1 aromatic rings. The molecule has 1 saturated heterocycles. The molecular formula is C15H19NO2S. The molecule has 0 bridgehead atoms. The Morgan fingerprint density at radius 2 is 2.26 bits per heavy atom. The standard InChI is InChI=1S/C15H19NO2S/c17-5-1-2-11-6-13(19-10-11)8-16-7-12-3-4-15(18)14(12)9-16/h6,10,12,14-15,17-18H,3-5,7-9H2. The largest absolute Gasteiger partial charge is 0.393 e. The van der Waals surface area contributed by atoms with Crippen LogP contribution in [0.2, 0.25) is 0 Å². The van der Waals surface area contributed by atoms with Crippen LogP contribution >= 0.6 is 11.3 Å². The second-order valence-corrected chi connectivity index (χ2v) is 6.52. The molecule has 0 spiro atoms. The first-order chi connectivity index (χ1) is 9.26. The number of likely N-dealkylation sites (tertiary alicyclic amines) is 1. The quantitative estimate of drug-likeness (QED) is 0.801. The fourth-order valence-electron chi connectivity index (χ4n) is 3.35. The highest BCUT2D eigenvalue weighted by Crippen LogP contribution is 2.38. The molecule has 3 atom stereocenters. The fraction of sp³-hybridized carbons (Fsp3) is 0.600. The van der Waals surface area contributed by atoms with E-state index < -0.39 is 0 Å². The number of nitrogens with zero attached hydrogens (tertiary/aromatic N) is 1. The second-order valence-electron chi connectivity index (χ2n) is 5.52. The number of hydrogen-bond donors (Lipinski definition) is 2. The van der Waals surface area contributed by atoms with Crippen LogP contribution in [0.5, 0.6) is 0 Å². The van der Waals surface area contributed by atoms with Crippen LogP contribution in [0, 0.1) is 23.7 Å². The minimum atomic E-state index is -0.0848. The minimum absolute atomic E-state index is 0.0793. The predicted octanol–water partition coefficient (Wildman–Crippen LogP) is 1.29. The summed E-state index contributed by atoms with van der Waals surface area (Å²) < 4.78 is 0. The monoisotopic (exact) mass is 277 g/mol. The number of aliphatic hydroxyl groups excluding tert-OH is 2. The van der Waals surface area contributed by atoms with Gasteiger partial charge >= 0.3 is 0 Å². The van der Waals surface area contributed by atoms with Gasteiger partial charge < -0.3 is 10.2 Å². The molecule has 1 aromatic heterocycles. The Morgan fingerprint density at radius 1 is 1.37 bits per heavy atom. The van der Waals surface area contributed by atoms with Crippen molar-refractivity contribution in [3.63, 3.8) is 0 Å². The van der Waals surface area contributed by atoms with Gasteiger partial charge in [-0.15, -0.1) is 11.3 Å². The summed E-state index contributed by atoms with van der Waals surface area (Å²) in [5, 5.41) is 20.6. The summed E-state index contributed by atoms with van der Waals surface area (Å²) in [6.07, 6.45) is 2.09. The van der Waals surface area contributed by atoms with Crippen molar-refractivity contribution in [3.8, 4) is 11.8 Å². The molecule has 0 aromatic carbocycles. The molecule has 3 nitrogen and oxygen atoms in total. The summed E-state index contributed by atoms with van der Waals surface area (Å²) in [7, 11) is 0. The molecule has 3 rings (SSSR count). The Morgan fingerprint density at radius 3 is 3.05 bits per heavy atom. The van der Waals surface area contributed by atoms with Crippen LogP contribution in [0.1, 0.15) is 23.3 Å². The van der Waals surface area contributed by atoms with Gasteiger partial charge in [-0.1, -0.05) is 11.8 Å². The summed E-state index contributed by atoms with van der Waals surface area (Å²) in [6, 6.07) is 2.11. The SMILES string of the molecule is OCC#Cc1csc(CN2CC3CCC(O)C3C2)c1. The Balaban J connectivity index is 1.59. The average molecular weight is 277 g/mol. The molecule has 2 N–H and O–H groups in total. The lowest BCUT2D eigenvalue weighted by Crippen LogP contribution is -2.24. The number of thiophene rings is 1. The highest BCUT2D eigenvalue weighted by Gasteiger charge is 2.41. The molecule has 1 aliphatic carbocycles. The molecule has 3 unspecified atom stereocenters. The molecular weight excluding hydrogens is 258 g/mol. The second kappa shape index (κ2) is 5.64. The third-order valence-corrected chi connectivity index (χ3v) is 5.16. The molecule has 4 heteroatoms. The summed E-state index contributed by atoms with van der Waals surface area (Å²) in [4.78, 5) is 3.77. The third-order valence-electron chi connectivity index (χ3n) is 4.24. The van der Waals surface area contributed by atoms with Crippen molar-refractivity contribution < 1.29 is 10.2 Å². The van der Waals surface area contributed by atoms with Crippen LogP contribution in [-0.4, -0.2) is 40.9 Å². The van der Waals surface area contributed by atoms with Gasteiger partial charge in [-0.05, 0) is 24.8 Å².